The molecule has 0 aromatic rings. The summed E-state index contributed by atoms with van der Waals surface area (Å²) < 4.78 is 5.28. The summed E-state index contributed by atoms with van der Waals surface area (Å²) in [5, 5.41) is 0. The minimum atomic E-state index is 0.0128. The van der Waals surface area contributed by atoms with Gasteiger partial charge in [-0.3, -0.25) is 4.79 Å². The lowest BCUT2D eigenvalue weighted by molar-refractivity contribution is -0.126. The normalized spacial score (nSPS) is 21.7. The molecule has 0 spiro atoms. The molecule has 0 N–H and O–H groups in total. The number of hydrogen-bond donors (Lipinski definition) is 0. The van der Waals surface area contributed by atoms with Crippen LogP contribution in [0, 0.1) is 0 Å². The molecule has 4 nitrogen and oxygen atoms in total. The van der Waals surface area contributed by atoms with Gasteiger partial charge in [0.05, 0.1) is 13.2 Å². The van der Waals surface area contributed by atoms with Gasteiger partial charge >= 0.3 is 0 Å². The van der Waals surface area contributed by atoms with E-state index in [4.69, 9.17) is 17.0 Å². The molecule has 0 unspecified atom stereocenters. The van der Waals surface area contributed by atoms with Gasteiger partial charge in [0, 0.05) is 26.2 Å². The van der Waals surface area contributed by atoms with Crippen LogP contribution < -0.4 is 0 Å². The lowest BCUT2D eigenvalue weighted by Crippen LogP contribution is -2.50. The van der Waals surface area contributed by atoms with Crippen molar-refractivity contribution in [2.45, 2.75) is 38.1 Å². The molecule has 5 heteroatoms. The number of thiocarbonyl (C=S) groups is 1. The summed E-state index contributed by atoms with van der Waals surface area (Å²) in [5.74, 6) is 0.0128. The van der Waals surface area contributed by atoms with E-state index >= 15 is 0 Å². The van der Waals surface area contributed by atoms with Crippen LogP contribution in [0.3, 0.4) is 0 Å². The third kappa shape index (κ3) is 3.20. The number of likely N-dealkylation sites (N-methyl/N-ethyl adjacent to an activating group) is 1. The van der Waals surface area contributed by atoms with E-state index in [1.807, 2.05) is 16.8 Å². The number of ether oxygens (including phenoxy) is 1. The molecule has 1 amide bonds. The molecule has 0 bridgehead atoms. The van der Waals surface area contributed by atoms with E-state index < -0.39 is 0 Å². The van der Waals surface area contributed by atoms with Gasteiger partial charge in [-0.05, 0) is 12.8 Å². The van der Waals surface area contributed by atoms with Crippen LogP contribution in [-0.2, 0) is 9.53 Å². The fourth-order valence-electron chi connectivity index (χ4n) is 2.69. The fraction of sp³-hybridized carbons (Fsp3) is 0.846. The van der Waals surface area contributed by atoms with Crippen molar-refractivity contribution < 1.29 is 9.53 Å². The SMILES string of the molecule is CN(C(=O)C(=S)N1CCOCC1)C1CCCCC1. The maximum Gasteiger partial charge on any atom is 0.281 e. The van der Waals surface area contributed by atoms with Gasteiger partial charge in [-0.15, -0.1) is 0 Å². The Kier molecular flexibility index (Phi) is 4.95. The minimum Gasteiger partial charge on any atom is -0.378 e. The molecular weight excluding hydrogens is 248 g/mol. The second-order valence-corrected chi connectivity index (χ2v) is 5.50. The van der Waals surface area contributed by atoms with Crippen molar-refractivity contribution >= 4 is 23.1 Å². The summed E-state index contributed by atoms with van der Waals surface area (Å²) in [6.45, 7) is 2.81. The first-order chi connectivity index (χ1) is 8.70. The molecule has 0 aromatic heterocycles. The van der Waals surface area contributed by atoms with Crippen molar-refractivity contribution in [1.29, 1.82) is 0 Å². The van der Waals surface area contributed by atoms with Gasteiger partial charge in [0.1, 0.15) is 0 Å². The first-order valence-electron chi connectivity index (χ1n) is 6.84. The second-order valence-electron chi connectivity index (χ2n) is 5.11. The van der Waals surface area contributed by atoms with E-state index in [9.17, 15) is 4.79 Å². The van der Waals surface area contributed by atoms with Crippen LogP contribution in [0.5, 0.6) is 0 Å². The van der Waals surface area contributed by atoms with E-state index in [0.29, 0.717) is 24.2 Å². The van der Waals surface area contributed by atoms with E-state index in [1.54, 1.807) is 0 Å². The van der Waals surface area contributed by atoms with Crippen molar-refractivity contribution in [3.63, 3.8) is 0 Å². The molecule has 2 aliphatic rings. The Morgan fingerprint density at radius 2 is 1.83 bits per heavy atom. The smallest absolute Gasteiger partial charge is 0.281 e. The van der Waals surface area contributed by atoms with Crippen molar-refractivity contribution in [2.24, 2.45) is 0 Å². The molecule has 2 rings (SSSR count). The Hall–Kier alpha value is -0.680. The van der Waals surface area contributed by atoms with E-state index in [-0.39, 0.29) is 5.91 Å². The fourth-order valence-corrected chi connectivity index (χ4v) is 3.01. The third-order valence-corrected chi connectivity index (χ3v) is 4.36. The molecule has 0 radical (unpaired) electrons. The largest absolute Gasteiger partial charge is 0.378 e. The Labute approximate surface area is 114 Å². The second kappa shape index (κ2) is 6.48. The number of hydrogen-bond acceptors (Lipinski definition) is 3. The molecule has 1 aliphatic carbocycles. The van der Waals surface area contributed by atoms with E-state index in [1.165, 1.54) is 19.3 Å². The quantitative estimate of drug-likeness (QED) is 0.675. The molecule has 102 valence electrons. The Balaban J connectivity index is 1.90. The monoisotopic (exact) mass is 270 g/mol. The van der Waals surface area contributed by atoms with Gasteiger partial charge in [0.2, 0.25) is 0 Å². The highest BCUT2D eigenvalue weighted by molar-refractivity contribution is 7.81. The van der Waals surface area contributed by atoms with Crippen molar-refractivity contribution in [2.75, 3.05) is 33.4 Å². The highest BCUT2D eigenvalue weighted by Gasteiger charge is 2.27. The molecule has 1 saturated heterocycles. The van der Waals surface area contributed by atoms with E-state index in [0.717, 1.165) is 25.9 Å². The number of rotatable bonds is 1. The van der Waals surface area contributed by atoms with Gasteiger partial charge in [-0.2, -0.15) is 0 Å². The zero-order valence-corrected chi connectivity index (χ0v) is 11.9. The van der Waals surface area contributed by atoms with Crippen molar-refractivity contribution in [3.05, 3.63) is 0 Å². The molecule has 1 heterocycles. The van der Waals surface area contributed by atoms with Crippen LogP contribution in [0.25, 0.3) is 0 Å². The minimum absolute atomic E-state index is 0.0128. The maximum absolute atomic E-state index is 12.3. The average molecular weight is 270 g/mol. The summed E-state index contributed by atoms with van der Waals surface area (Å²) in [6, 6.07) is 0.380. The molecule has 0 atom stereocenters. The predicted molar refractivity (Wildman–Crippen MR) is 74.6 cm³/mol. The topological polar surface area (TPSA) is 32.8 Å². The Morgan fingerprint density at radius 1 is 1.22 bits per heavy atom. The molecule has 0 aromatic carbocycles. The summed E-state index contributed by atoms with van der Waals surface area (Å²) in [5.41, 5.74) is 0. The van der Waals surface area contributed by atoms with Crippen LogP contribution >= 0.6 is 12.2 Å². The van der Waals surface area contributed by atoms with Crippen molar-refractivity contribution in [1.82, 2.24) is 9.80 Å². The zero-order chi connectivity index (χ0) is 13.0. The number of carbonyl (C=O) groups is 1. The standard InChI is InChI=1S/C13H22N2O2S/c1-14(11-5-3-2-4-6-11)12(16)13(18)15-7-9-17-10-8-15/h11H,2-10H2,1H3. The first kappa shape index (κ1) is 13.7. The highest BCUT2D eigenvalue weighted by atomic mass is 32.1. The van der Waals surface area contributed by atoms with Crippen LogP contribution in [0.15, 0.2) is 0 Å². The number of nitrogens with zero attached hydrogens (tertiary/aromatic N) is 2. The van der Waals surface area contributed by atoms with Gasteiger partial charge in [-0.1, -0.05) is 31.5 Å². The number of morpholine rings is 1. The van der Waals surface area contributed by atoms with Gasteiger partial charge in [0.15, 0.2) is 4.99 Å². The summed E-state index contributed by atoms with van der Waals surface area (Å²) in [4.78, 5) is 16.6. The molecule has 1 aliphatic heterocycles. The van der Waals surface area contributed by atoms with Gasteiger partial charge in [-0.25, -0.2) is 0 Å². The van der Waals surface area contributed by atoms with Crippen LogP contribution in [0.2, 0.25) is 0 Å². The molecular formula is C13H22N2O2S. The van der Waals surface area contributed by atoms with Crippen LogP contribution in [-0.4, -0.2) is 60.1 Å². The third-order valence-electron chi connectivity index (χ3n) is 3.92. The van der Waals surface area contributed by atoms with Gasteiger partial charge in [0.25, 0.3) is 5.91 Å². The Morgan fingerprint density at radius 3 is 2.44 bits per heavy atom. The average Bonchev–Trinajstić information content (AvgIpc) is 2.47. The summed E-state index contributed by atoms with van der Waals surface area (Å²) in [7, 11) is 1.89. The molecule has 18 heavy (non-hydrogen) atoms. The lowest BCUT2D eigenvalue weighted by atomic mass is 9.94. The van der Waals surface area contributed by atoms with E-state index in [2.05, 4.69) is 0 Å². The van der Waals surface area contributed by atoms with Crippen molar-refractivity contribution in [3.8, 4) is 0 Å². The summed E-state index contributed by atoms with van der Waals surface area (Å²) >= 11 is 5.32. The van der Waals surface area contributed by atoms with Crippen LogP contribution in [0.4, 0.5) is 0 Å². The zero-order valence-electron chi connectivity index (χ0n) is 11.1. The Bertz CT molecular complexity index is 310. The van der Waals surface area contributed by atoms with Crippen LogP contribution in [0.1, 0.15) is 32.1 Å². The number of carbonyl (C=O) groups excluding carboxylic acids is 1. The van der Waals surface area contributed by atoms with Gasteiger partial charge < -0.3 is 14.5 Å². The predicted octanol–water partition coefficient (Wildman–Crippen LogP) is 1.44. The summed E-state index contributed by atoms with van der Waals surface area (Å²) in [6.07, 6.45) is 5.99. The lowest BCUT2D eigenvalue weighted by Gasteiger charge is -2.34. The maximum atomic E-state index is 12.3. The number of amides is 1. The molecule has 1 saturated carbocycles. The molecule has 2 fully saturated rings. The highest BCUT2D eigenvalue weighted by Crippen LogP contribution is 2.22. The first-order valence-corrected chi connectivity index (χ1v) is 7.25.